The van der Waals surface area contributed by atoms with Crippen molar-refractivity contribution in [1.29, 1.82) is 0 Å². The minimum atomic E-state index is -3.85. The molecule has 0 fully saturated rings. The molecule has 0 aliphatic heterocycles. The van der Waals surface area contributed by atoms with E-state index < -0.39 is 22.0 Å². The number of carboxylic acids is 1. The summed E-state index contributed by atoms with van der Waals surface area (Å²) in [5, 5.41) is 8.82. The molecule has 5 nitrogen and oxygen atoms in total. The molecule has 20 heavy (non-hydrogen) atoms. The van der Waals surface area contributed by atoms with Crippen molar-refractivity contribution in [3.8, 4) is 0 Å². The van der Waals surface area contributed by atoms with E-state index >= 15 is 0 Å². The van der Waals surface area contributed by atoms with Crippen molar-refractivity contribution in [3.63, 3.8) is 0 Å². The average Bonchev–Trinajstić information content (AvgIpc) is 2.26. The Morgan fingerprint density at radius 1 is 1.30 bits per heavy atom. The minimum Gasteiger partial charge on any atom is -0.480 e. The molecule has 6 heteroatoms. The normalized spacial score (nSPS) is 14.1. The average molecular weight is 299 g/mol. The summed E-state index contributed by atoms with van der Waals surface area (Å²) in [6.45, 7) is 8.94. The molecule has 0 unspecified atom stereocenters. The van der Waals surface area contributed by atoms with Gasteiger partial charge in [0.15, 0.2) is 0 Å². The number of aliphatic carboxylic acids is 1. The molecule has 1 atom stereocenters. The molecule has 0 saturated heterocycles. The van der Waals surface area contributed by atoms with Gasteiger partial charge in [-0.3, -0.25) is 4.79 Å². The first-order valence-electron chi connectivity index (χ1n) is 6.31. The molecule has 0 spiro atoms. The van der Waals surface area contributed by atoms with Gasteiger partial charge in [0.2, 0.25) is 10.0 Å². The quantitative estimate of drug-likeness (QED) is 0.891. The molecule has 0 radical (unpaired) electrons. The van der Waals surface area contributed by atoms with Gasteiger partial charge in [0.25, 0.3) is 0 Å². The van der Waals surface area contributed by atoms with Crippen LogP contribution < -0.4 is 4.72 Å². The lowest BCUT2D eigenvalue weighted by Crippen LogP contribution is -2.38. The lowest BCUT2D eigenvalue weighted by Gasteiger charge is -2.21. The fourth-order valence-electron chi connectivity index (χ4n) is 1.70. The van der Waals surface area contributed by atoms with E-state index in [1.807, 2.05) is 26.8 Å². The molecule has 0 aliphatic carbocycles. The molecule has 0 amide bonds. The molecule has 1 rings (SSSR count). The second kappa shape index (κ2) is 5.54. The van der Waals surface area contributed by atoms with Crippen LogP contribution in [-0.2, 0) is 20.2 Å². The van der Waals surface area contributed by atoms with Crippen molar-refractivity contribution >= 4 is 16.0 Å². The lowest BCUT2D eigenvalue weighted by atomic mass is 9.87. The molecule has 1 aromatic carbocycles. The molecule has 0 bridgehead atoms. The number of carbonyl (C=O) groups is 1. The van der Waals surface area contributed by atoms with Gasteiger partial charge >= 0.3 is 5.97 Å². The van der Waals surface area contributed by atoms with Gasteiger partial charge in [-0.25, -0.2) is 8.42 Å². The number of carboxylic acid groups (broad SMARTS) is 1. The Balaban J connectivity index is 3.28. The van der Waals surface area contributed by atoms with Crippen molar-refractivity contribution in [1.82, 2.24) is 4.72 Å². The summed E-state index contributed by atoms with van der Waals surface area (Å²) in [5.74, 6) is -1.21. The van der Waals surface area contributed by atoms with Crippen LogP contribution in [0.5, 0.6) is 0 Å². The first-order chi connectivity index (χ1) is 8.95. The van der Waals surface area contributed by atoms with E-state index in [0.717, 1.165) is 5.56 Å². The summed E-state index contributed by atoms with van der Waals surface area (Å²) in [4.78, 5) is 10.9. The summed E-state index contributed by atoms with van der Waals surface area (Å²) in [6, 6.07) is 4.06. The highest BCUT2D eigenvalue weighted by molar-refractivity contribution is 7.89. The second-order valence-electron chi connectivity index (χ2n) is 5.91. The maximum Gasteiger partial charge on any atom is 0.321 e. The Hall–Kier alpha value is -1.40. The number of hydrogen-bond acceptors (Lipinski definition) is 3. The topological polar surface area (TPSA) is 83.5 Å². The van der Waals surface area contributed by atoms with Gasteiger partial charge in [0.1, 0.15) is 6.04 Å². The number of rotatable bonds is 4. The molecular formula is C14H21NO4S. The molecular weight excluding hydrogens is 278 g/mol. The first-order valence-corrected chi connectivity index (χ1v) is 7.80. The second-order valence-corrected chi connectivity index (χ2v) is 7.59. The summed E-state index contributed by atoms with van der Waals surface area (Å²) in [5.41, 5.74) is 1.28. The van der Waals surface area contributed by atoms with Gasteiger partial charge in [-0.05, 0) is 36.5 Å². The van der Waals surface area contributed by atoms with E-state index in [4.69, 9.17) is 5.11 Å². The van der Waals surface area contributed by atoms with Crippen molar-refractivity contribution in [2.75, 3.05) is 0 Å². The van der Waals surface area contributed by atoms with Gasteiger partial charge in [0, 0.05) is 0 Å². The van der Waals surface area contributed by atoms with Crippen LogP contribution in [0.4, 0.5) is 0 Å². The largest absolute Gasteiger partial charge is 0.480 e. The first kappa shape index (κ1) is 16.7. The van der Waals surface area contributed by atoms with Crippen LogP contribution >= 0.6 is 0 Å². The van der Waals surface area contributed by atoms with Crippen LogP contribution in [0.2, 0.25) is 0 Å². The predicted molar refractivity (Wildman–Crippen MR) is 77.3 cm³/mol. The van der Waals surface area contributed by atoms with Crippen molar-refractivity contribution < 1.29 is 18.3 Å². The number of nitrogens with one attached hydrogen (secondary N) is 1. The van der Waals surface area contributed by atoms with Gasteiger partial charge in [-0.2, -0.15) is 4.72 Å². The number of aryl methyl sites for hydroxylation is 1. The van der Waals surface area contributed by atoms with Gasteiger partial charge in [-0.15, -0.1) is 0 Å². The zero-order valence-corrected chi connectivity index (χ0v) is 13.2. The highest BCUT2D eigenvalue weighted by Gasteiger charge is 2.25. The lowest BCUT2D eigenvalue weighted by molar-refractivity contribution is -0.138. The van der Waals surface area contributed by atoms with Crippen LogP contribution in [0.25, 0.3) is 0 Å². The number of sulfonamides is 1. The van der Waals surface area contributed by atoms with E-state index in [1.54, 1.807) is 19.1 Å². The Morgan fingerprint density at radius 3 is 2.30 bits per heavy atom. The maximum atomic E-state index is 12.3. The highest BCUT2D eigenvalue weighted by atomic mass is 32.2. The monoisotopic (exact) mass is 299 g/mol. The third-order valence-electron chi connectivity index (χ3n) is 3.05. The van der Waals surface area contributed by atoms with Crippen LogP contribution in [0, 0.1) is 6.92 Å². The Morgan fingerprint density at radius 2 is 1.85 bits per heavy atom. The number of benzene rings is 1. The van der Waals surface area contributed by atoms with Crippen molar-refractivity contribution in [2.45, 2.75) is 51.0 Å². The fourth-order valence-corrected chi connectivity index (χ4v) is 3.17. The third-order valence-corrected chi connectivity index (χ3v) is 4.73. The van der Waals surface area contributed by atoms with Gasteiger partial charge in [-0.1, -0.05) is 32.9 Å². The van der Waals surface area contributed by atoms with E-state index in [-0.39, 0.29) is 10.3 Å². The molecule has 0 aliphatic rings. The Kier molecular flexibility index (Phi) is 4.61. The number of hydrogen-bond donors (Lipinski definition) is 2. The zero-order chi connectivity index (χ0) is 15.7. The van der Waals surface area contributed by atoms with E-state index in [0.29, 0.717) is 5.56 Å². The van der Waals surface area contributed by atoms with Gasteiger partial charge < -0.3 is 5.11 Å². The summed E-state index contributed by atoms with van der Waals surface area (Å²) >= 11 is 0. The fraction of sp³-hybridized carbons (Fsp3) is 0.500. The van der Waals surface area contributed by atoms with Crippen LogP contribution in [-0.4, -0.2) is 25.5 Å². The van der Waals surface area contributed by atoms with E-state index in [2.05, 4.69) is 4.72 Å². The smallest absolute Gasteiger partial charge is 0.321 e. The zero-order valence-electron chi connectivity index (χ0n) is 12.4. The van der Waals surface area contributed by atoms with Crippen LogP contribution in [0.15, 0.2) is 23.1 Å². The SMILES string of the molecule is Cc1ccc(C(C)(C)C)cc1S(=O)(=O)N[C@H](C)C(=O)O. The third kappa shape index (κ3) is 3.80. The minimum absolute atomic E-state index is 0.123. The van der Waals surface area contributed by atoms with E-state index in [1.165, 1.54) is 6.92 Å². The summed E-state index contributed by atoms with van der Waals surface area (Å²) in [7, 11) is -3.85. The summed E-state index contributed by atoms with van der Waals surface area (Å²) < 4.78 is 26.7. The maximum absolute atomic E-state index is 12.3. The molecule has 0 aromatic heterocycles. The molecule has 1 aromatic rings. The summed E-state index contributed by atoms with van der Waals surface area (Å²) in [6.07, 6.45) is 0. The van der Waals surface area contributed by atoms with Crippen molar-refractivity contribution in [2.24, 2.45) is 0 Å². The molecule has 0 saturated carbocycles. The Labute approximate surface area is 120 Å². The van der Waals surface area contributed by atoms with E-state index in [9.17, 15) is 13.2 Å². The Bertz CT molecular complexity index is 615. The van der Waals surface area contributed by atoms with Crippen LogP contribution in [0.3, 0.4) is 0 Å². The van der Waals surface area contributed by atoms with Crippen molar-refractivity contribution in [3.05, 3.63) is 29.3 Å². The standard InChI is InChI=1S/C14H21NO4S/c1-9-6-7-11(14(3,4)5)8-12(9)20(18,19)15-10(2)13(16)17/h6-8,10,15H,1-5H3,(H,16,17)/t10-/m1/s1. The highest BCUT2D eigenvalue weighted by Crippen LogP contribution is 2.26. The predicted octanol–water partition coefficient (Wildman–Crippen LogP) is 2.04. The van der Waals surface area contributed by atoms with Gasteiger partial charge in [0.05, 0.1) is 4.90 Å². The molecule has 112 valence electrons. The molecule has 2 N–H and O–H groups in total. The molecule has 0 heterocycles. The van der Waals surface area contributed by atoms with Crippen LogP contribution in [0.1, 0.15) is 38.8 Å².